The van der Waals surface area contributed by atoms with Gasteiger partial charge in [0, 0.05) is 24.2 Å². The Morgan fingerprint density at radius 3 is 2.94 bits per heavy atom. The van der Waals surface area contributed by atoms with Crippen LogP contribution < -0.4 is 11.1 Å². The Kier molecular flexibility index (Phi) is 2.63. The van der Waals surface area contributed by atoms with Gasteiger partial charge in [0.25, 0.3) is 0 Å². The summed E-state index contributed by atoms with van der Waals surface area (Å²) < 4.78 is 0. The fourth-order valence-corrected chi connectivity index (χ4v) is 2.45. The number of fused-ring (bicyclic) bond motifs is 1. The van der Waals surface area contributed by atoms with Gasteiger partial charge in [-0.05, 0) is 24.5 Å². The van der Waals surface area contributed by atoms with Crippen molar-refractivity contribution >= 4 is 11.8 Å². The van der Waals surface area contributed by atoms with Crippen LogP contribution in [0.5, 0.6) is 0 Å². The number of anilines is 2. The minimum atomic E-state index is 0.325. The predicted octanol–water partition coefficient (Wildman–Crippen LogP) is 2.12. The topological polar surface area (TPSA) is 63.8 Å². The number of aryl methyl sites for hydroxylation is 1. The van der Waals surface area contributed by atoms with Gasteiger partial charge >= 0.3 is 0 Å². The van der Waals surface area contributed by atoms with Crippen LogP contribution in [0.1, 0.15) is 22.7 Å². The zero-order valence-electron chi connectivity index (χ0n) is 10.4. The van der Waals surface area contributed by atoms with Gasteiger partial charge in [0.15, 0.2) is 0 Å². The lowest BCUT2D eigenvalue weighted by atomic mass is 9.77. The van der Waals surface area contributed by atoms with Gasteiger partial charge in [-0.25, -0.2) is 4.98 Å². The lowest BCUT2D eigenvalue weighted by molar-refractivity contribution is 0.634. The van der Waals surface area contributed by atoms with E-state index in [0.29, 0.717) is 11.9 Å². The van der Waals surface area contributed by atoms with Gasteiger partial charge in [-0.1, -0.05) is 24.3 Å². The number of benzene rings is 1. The number of nitrogen functional groups attached to an aromatic ring is 1. The van der Waals surface area contributed by atoms with E-state index in [4.69, 9.17) is 5.73 Å². The van der Waals surface area contributed by atoms with E-state index in [1.807, 2.05) is 13.0 Å². The van der Waals surface area contributed by atoms with Crippen LogP contribution in [-0.4, -0.2) is 16.5 Å². The molecule has 0 saturated carbocycles. The molecular weight excluding hydrogens is 224 g/mol. The van der Waals surface area contributed by atoms with Crippen molar-refractivity contribution in [3.8, 4) is 0 Å². The highest BCUT2D eigenvalue weighted by molar-refractivity contribution is 5.44. The Hall–Kier alpha value is -2.10. The smallest absolute Gasteiger partial charge is 0.222 e. The summed E-state index contributed by atoms with van der Waals surface area (Å²) in [6, 6.07) is 10.5. The van der Waals surface area contributed by atoms with Gasteiger partial charge in [0.05, 0.1) is 0 Å². The number of hydrogen-bond donors (Lipinski definition) is 2. The Balaban J connectivity index is 1.66. The predicted molar refractivity (Wildman–Crippen MR) is 72.6 cm³/mol. The van der Waals surface area contributed by atoms with Crippen LogP contribution in [-0.2, 0) is 6.42 Å². The molecule has 92 valence electrons. The third kappa shape index (κ3) is 2.01. The summed E-state index contributed by atoms with van der Waals surface area (Å²) in [6.07, 6.45) is 1.14. The van der Waals surface area contributed by atoms with Crippen molar-refractivity contribution in [2.24, 2.45) is 0 Å². The molecule has 2 aromatic rings. The van der Waals surface area contributed by atoms with Crippen molar-refractivity contribution in [2.75, 3.05) is 17.6 Å². The summed E-state index contributed by atoms with van der Waals surface area (Å²) in [7, 11) is 0. The second kappa shape index (κ2) is 4.29. The van der Waals surface area contributed by atoms with Crippen LogP contribution in [0.4, 0.5) is 11.8 Å². The Morgan fingerprint density at radius 1 is 1.33 bits per heavy atom. The summed E-state index contributed by atoms with van der Waals surface area (Å²) in [5, 5.41) is 3.34. The molecule has 1 aromatic heterocycles. The standard InChI is InChI=1S/C14H16N4/c1-9-6-13(18-14(15)17-9)16-8-11-7-10-4-2-3-5-12(10)11/h2-6,11H,7-8H2,1H3,(H3,15,16,17,18). The van der Waals surface area contributed by atoms with Crippen molar-refractivity contribution in [3.63, 3.8) is 0 Å². The Labute approximate surface area is 106 Å². The number of rotatable bonds is 3. The maximum atomic E-state index is 5.63. The molecule has 0 radical (unpaired) electrons. The minimum Gasteiger partial charge on any atom is -0.369 e. The van der Waals surface area contributed by atoms with E-state index in [-0.39, 0.29) is 0 Å². The highest BCUT2D eigenvalue weighted by atomic mass is 15.1. The highest BCUT2D eigenvalue weighted by Gasteiger charge is 2.24. The second-order valence-electron chi connectivity index (χ2n) is 4.73. The maximum absolute atomic E-state index is 5.63. The summed E-state index contributed by atoms with van der Waals surface area (Å²) >= 11 is 0. The molecule has 1 atom stereocenters. The molecule has 1 aliphatic rings. The number of nitrogens with two attached hydrogens (primary N) is 1. The molecule has 3 N–H and O–H groups in total. The van der Waals surface area contributed by atoms with Crippen molar-refractivity contribution in [1.82, 2.24) is 9.97 Å². The fraction of sp³-hybridized carbons (Fsp3) is 0.286. The molecule has 1 heterocycles. The molecular formula is C14H16N4. The molecule has 1 aromatic carbocycles. The van der Waals surface area contributed by atoms with E-state index in [0.717, 1.165) is 24.5 Å². The van der Waals surface area contributed by atoms with Gasteiger partial charge in [0.1, 0.15) is 5.82 Å². The van der Waals surface area contributed by atoms with Crippen LogP contribution in [0.25, 0.3) is 0 Å². The van der Waals surface area contributed by atoms with E-state index >= 15 is 0 Å². The monoisotopic (exact) mass is 240 g/mol. The van der Waals surface area contributed by atoms with E-state index < -0.39 is 0 Å². The van der Waals surface area contributed by atoms with Gasteiger partial charge in [-0.15, -0.1) is 0 Å². The molecule has 1 aliphatic carbocycles. The lowest BCUT2D eigenvalue weighted by Crippen LogP contribution is -2.24. The third-order valence-corrected chi connectivity index (χ3v) is 3.36. The first-order valence-electron chi connectivity index (χ1n) is 6.15. The zero-order chi connectivity index (χ0) is 12.5. The molecule has 1 unspecified atom stereocenters. The van der Waals surface area contributed by atoms with Crippen LogP contribution in [0, 0.1) is 6.92 Å². The number of hydrogen-bond acceptors (Lipinski definition) is 4. The average molecular weight is 240 g/mol. The maximum Gasteiger partial charge on any atom is 0.222 e. The number of nitrogens with one attached hydrogen (secondary N) is 1. The molecule has 0 fully saturated rings. The average Bonchev–Trinajstić information content (AvgIpc) is 2.29. The normalized spacial score (nSPS) is 16.8. The second-order valence-corrected chi connectivity index (χ2v) is 4.73. The Morgan fingerprint density at radius 2 is 2.17 bits per heavy atom. The summed E-state index contributed by atoms with van der Waals surface area (Å²) in [4.78, 5) is 8.23. The number of nitrogens with zero attached hydrogens (tertiary/aromatic N) is 2. The molecule has 0 bridgehead atoms. The molecule has 18 heavy (non-hydrogen) atoms. The van der Waals surface area contributed by atoms with E-state index in [2.05, 4.69) is 39.6 Å². The van der Waals surface area contributed by atoms with E-state index in [1.165, 1.54) is 11.1 Å². The molecule has 4 heteroatoms. The quantitative estimate of drug-likeness (QED) is 0.862. The first-order valence-corrected chi connectivity index (χ1v) is 6.15. The van der Waals surface area contributed by atoms with Crippen LogP contribution in [0.2, 0.25) is 0 Å². The molecule has 0 amide bonds. The number of aromatic nitrogens is 2. The minimum absolute atomic E-state index is 0.325. The van der Waals surface area contributed by atoms with Gasteiger partial charge in [-0.3, -0.25) is 0 Å². The van der Waals surface area contributed by atoms with E-state index in [9.17, 15) is 0 Å². The molecule has 0 spiro atoms. The van der Waals surface area contributed by atoms with E-state index in [1.54, 1.807) is 0 Å². The van der Waals surface area contributed by atoms with Crippen LogP contribution in [0.3, 0.4) is 0 Å². The highest BCUT2D eigenvalue weighted by Crippen LogP contribution is 2.34. The summed E-state index contributed by atoms with van der Waals surface area (Å²) in [5.41, 5.74) is 9.42. The third-order valence-electron chi connectivity index (χ3n) is 3.36. The largest absolute Gasteiger partial charge is 0.369 e. The first kappa shape index (κ1) is 11.0. The Bertz CT molecular complexity index is 560. The first-order chi connectivity index (χ1) is 8.72. The molecule has 0 aliphatic heterocycles. The summed E-state index contributed by atoms with van der Waals surface area (Å²) in [6.45, 7) is 2.81. The fourth-order valence-electron chi connectivity index (χ4n) is 2.45. The van der Waals surface area contributed by atoms with Gasteiger partial charge in [-0.2, -0.15) is 4.98 Å². The summed E-state index contributed by atoms with van der Waals surface area (Å²) in [5.74, 6) is 1.72. The molecule has 3 rings (SSSR count). The van der Waals surface area contributed by atoms with Crippen molar-refractivity contribution in [2.45, 2.75) is 19.3 Å². The van der Waals surface area contributed by atoms with Gasteiger partial charge in [0.2, 0.25) is 5.95 Å². The molecule has 4 nitrogen and oxygen atoms in total. The van der Waals surface area contributed by atoms with Crippen molar-refractivity contribution < 1.29 is 0 Å². The lowest BCUT2D eigenvalue weighted by Gasteiger charge is -2.30. The van der Waals surface area contributed by atoms with Gasteiger partial charge < -0.3 is 11.1 Å². The van der Waals surface area contributed by atoms with Crippen LogP contribution >= 0.6 is 0 Å². The van der Waals surface area contributed by atoms with Crippen molar-refractivity contribution in [3.05, 3.63) is 47.2 Å². The zero-order valence-corrected chi connectivity index (χ0v) is 10.4. The molecule has 0 saturated heterocycles. The van der Waals surface area contributed by atoms with Crippen LogP contribution in [0.15, 0.2) is 30.3 Å². The van der Waals surface area contributed by atoms with Crippen molar-refractivity contribution in [1.29, 1.82) is 0 Å². The SMILES string of the molecule is Cc1cc(NCC2Cc3ccccc32)nc(N)n1.